The van der Waals surface area contributed by atoms with E-state index in [4.69, 9.17) is 4.74 Å². The first kappa shape index (κ1) is 10.3. The maximum atomic E-state index is 13.7. The van der Waals surface area contributed by atoms with Gasteiger partial charge in [0.2, 0.25) is 0 Å². The van der Waals surface area contributed by atoms with Crippen molar-refractivity contribution in [3.63, 3.8) is 0 Å². The molecule has 0 radical (unpaired) electrons. The summed E-state index contributed by atoms with van der Waals surface area (Å²) >= 11 is 0. The van der Waals surface area contributed by atoms with E-state index in [9.17, 15) is 13.9 Å². The Balaban J connectivity index is 2.49. The summed E-state index contributed by atoms with van der Waals surface area (Å²) in [6.07, 6.45) is 0. The van der Waals surface area contributed by atoms with Gasteiger partial charge in [0.1, 0.15) is 5.60 Å². The Morgan fingerprint density at radius 3 is 2.53 bits per heavy atom. The Bertz CT molecular complexity index is 388. The summed E-state index contributed by atoms with van der Waals surface area (Å²) < 4.78 is 36.1. The first-order valence-electron chi connectivity index (χ1n) is 4.41. The molecule has 0 amide bonds. The van der Waals surface area contributed by atoms with Gasteiger partial charge in [-0.3, -0.25) is 0 Å². The standard InChI is InChI=1S/C10H10F2O3/c1-14-9-7(11)3-2-6(8(9)12)10(13)4-15-5-10/h2-3,13H,4-5H2,1H3. The predicted molar refractivity (Wildman–Crippen MR) is 47.6 cm³/mol. The molecule has 0 saturated carbocycles. The van der Waals surface area contributed by atoms with Crippen LogP contribution in [0.2, 0.25) is 0 Å². The van der Waals surface area contributed by atoms with Gasteiger partial charge in [0.05, 0.1) is 20.3 Å². The SMILES string of the molecule is COc1c(F)ccc(C2(O)COC2)c1F. The monoisotopic (exact) mass is 216 g/mol. The van der Waals surface area contributed by atoms with Crippen molar-refractivity contribution >= 4 is 0 Å². The lowest BCUT2D eigenvalue weighted by atomic mass is 9.91. The Morgan fingerprint density at radius 2 is 2.07 bits per heavy atom. The topological polar surface area (TPSA) is 38.7 Å². The number of benzene rings is 1. The van der Waals surface area contributed by atoms with E-state index in [2.05, 4.69) is 4.74 Å². The first-order valence-corrected chi connectivity index (χ1v) is 4.41. The molecule has 0 spiro atoms. The third-order valence-corrected chi connectivity index (χ3v) is 2.44. The van der Waals surface area contributed by atoms with E-state index < -0.39 is 23.0 Å². The minimum atomic E-state index is -1.36. The molecule has 0 unspecified atom stereocenters. The average molecular weight is 216 g/mol. The van der Waals surface area contributed by atoms with E-state index in [0.717, 1.165) is 6.07 Å². The third-order valence-electron chi connectivity index (χ3n) is 2.44. The molecule has 0 aliphatic carbocycles. The van der Waals surface area contributed by atoms with Crippen LogP contribution in [0.5, 0.6) is 5.75 Å². The van der Waals surface area contributed by atoms with Crippen molar-refractivity contribution in [2.45, 2.75) is 5.60 Å². The fourth-order valence-corrected chi connectivity index (χ4v) is 1.53. The van der Waals surface area contributed by atoms with Gasteiger partial charge in [-0.2, -0.15) is 0 Å². The van der Waals surface area contributed by atoms with E-state index >= 15 is 0 Å². The van der Waals surface area contributed by atoms with Crippen LogP contribution in [0.4, 0.5) is 8.78 Å². The highest BCUT2D eigenvalue weighted by atomic mass is 19.1. The minimum absolute atomic E-state index is 0.00648. The number of hydrogen-bond donors (Lipinski definition) is 1. The number of rotatable bonds is 2. The fourth-order valence-electron chi connectivity index (χ4n) is 1.53. The van der Waals surface area contributed by atoms with Crippen LogP contribution < -0.4 is 4.74 Å². The first-order chi connectivity index (χ1) is 7.08. The van der Waals surface area contributed by atoms with Crippen LogP contribution in [0, 0.1) is 11.6 Å². The molecule has 1 aromatic carbocycles. The minimum Gasteiger partial charge on any atom is -0.491 e. The third kappa shape index (κ3) is 1.48. The van der Waals surface area contributed by atoms with Gasteiger partial charge in [-0.25, -0.2) is 8.78 Å². The van der Waals surface area contributed by atoms with Crippen LogP contribution in [-0.2, 0) is 10.3 Å². The van der Waals surface area contributed by atoms with Crippen molar-refractivity contribution in [3.8, 4) is 5.75 Å². The molecule has 0 aromatic heterocycles. The number of methoxy groups -OCH3 is 1. The summed E-state index contributed by atoms with van der Waals surface area (Å²) in [6.45, 7) is 0.0252. The maximum Gasteiger partial charge on any atom is 0.190 e. The zero-order chi connectivity index (χ0) is 11.1. The van der Waals surface area contributed by atoms with Crippen molar-refractivity contribution in [1.29, 1.82) is 0 Å². The fraction of sp³-hybridized carbons (Fsp3) is 0.400. The maximum absolute atomic E-state index is 13.7. The number of halogens is 2. The lowest BCUT2D eigenvalue weighted by Gasteiger charge is -2.37. The van der Waals surface area contributed by atoms with Gasteiger partial charge in [0, 0.05) is 5.56 Å². The van der Waals surface area contributed by atoms with Crippen LogP contribution >= 0.6 is 0 Å². The average Bonchev–Trinajstić information content (AvgIpc) is 2.15. The second kappa shape index (κ2) is 3.43. The van der Waals surface area contributed by atoms with Crippen LogP contribution in [0.3, 0.4) is 0 Å². The molecule has 2 rings (SSSR count). The van der Waals surface area contributed by atoms with Gasteiger partial charge in [-0.05, 0) is 12.1 Å². The highest BCUT2D eigenvalue weighted by Crippen LogP contribution is 2.35. The van der Waals surface area contributed by atoms with E-state index in [1.165, 1.54) is 13.2 Å². The number of ether oxygens (including phenoxy) is 2. The van der Waals surface area contributed by atoms with E-state index in [1.807, 2.05) is 0 Å². The van der Waals surface area contributed by atoms with Gasteiger partial charge < -0.3 is 14.6 Å². The van der Waals surface area contributed by atoms with Crippen LogP contribution in [0.25, 0.3) is 0 Å². The molecule has 0 atom stereocenters. The summed E-state index contributed by atoms with van der Waals surface area (Å²) in [5.41, 5.74) is -1.35. The van der Waals surface area contributed by atoms with Crippen molar-refractivity contribution in [2.75, 3.05) is 20.3 Å². The van der Waals surface area contributed by atoms with Crippen molar-refractivity contribution in [1.82, 2.24) is 0 Å². The number of aliphatic hydroxyl groups is 1. The quantitative estimate of drug-likeness (QED) is 0.807. The molecule has 3 nitrogen and oxygen atoms in total. The summed E-state index contributed by atoms with van der Waals surface area (Å²) in [4.78, 5) is 0. The van der Waals surface area contributed by atoms with Crippen LogP contribution in [-0.4, -0.2) is 25.4 Å². The second-order valence-corrected chi connectivity index (χ2v) is 3.47. The molecule has 1 aliphatic rings. The second-order valence-electron chi connectivity index (χ2n) is 3.47. The Labute approximate surface area is 85.2 Å². The summed E-state index contributed by atoms with van der Waals surface area (Å²) in [6, 6.07) is 2.27. The molecule has 15 heavy (non-hydrogen) atoms. The van der Waals surface area contributed by atoms with Gasteiger partial charge in [0.15, 0.2) is 17.4 Å². The molecule has 1 aromatic rings. The Kier molecular flexibility index (Phi) is 2.36. The summed E-state index contributed by atoms with van der Waals surface area (Å²) in [5, 5.41) is 9.83. The highest BCUT2D eigenvalue weighted by Gasteiger charge is 2.41. The molecular weight excluding hydrogens is 206 g/mol. The summed E-state index contributed by atoms with van der Waals surface area (Å²) in [7, 11) is 1.17. The highest BCUT2D eigenvalue weighted by molar-refractivity contribution is 5.37. The molecule has 1 N–H and O–H groups in total. The molecule has 82 valence electrons. The van der Waals surface area contributed by atoms with Crippen molar-refractivity contribution in [2.24, 2.45) is 0 Å². The summed E-state index contributed by atoms with van der Waals surface area (Å²) in [5.74, 6) is -2.14. The van der Waals surface area contributed by atoms with Gasteiger partial charge >= 0.3 is 0 Å². The smallest absolute Gasteiger partial charge is 0.190 e. The van der Waals surface area contributed by atoms with Gasteiger partial charge in [-0.1, -0.05) is 0 Å². The zero-order valence-electron chi connectivity index (χ0n) is 8.09. The molecule has 1 saturated heterocycles. The molecule has 1 heterocycles. The van der Waals surface area contributed by atoms with Crippen LogP contribution in [0.15, 0.2) is 12.1 Å². The van der Waals surface area contributed by atoms with Gasteiger partial charge in [-0.15, -0.1) is 0 Å². The van der Waals surface area contributed by atoms with Crippen molar-refractivity contribution < 1.29 is 23.4 Å². The van der Waals surface area contributed by atoms with E-state index in [-0.39, 0.29) is 18.8 Å². The normalized spacial score (nSPS) is 18.4. The van der Waals surface area contributed by atoms with Gasteiger partial charge in [0.25, 0.3) is 0 Å². The molecule has 1 fully saturated rings. The largest absolute Gasteiger partial charge is 0.491 e. The van der Waals surface area contributed by atoms with E-state index in [1.54, 1.807) is 0 Å². The Hall–Kier alpha value is -1.20. The lowest BCUT2D eigenvalue weighted by molar-refractivity contribution is -0.186. The van der Waals surface area contributed by atoms with Crippen LogP contribution in [0.1, 0.15) is 5.56 Å². The molecular formula is C10H10F2O3. The zero-order valence-corrected chi connectivity index (χ0v) is 8.09. The lowest BCUT2D eigenvalue weighted by Crippen LogP contribution is -2.47. The van der Waals surface area contributed by atoms with E-state index in [0.29, 0.717) is 0 Å². The predicted octanol–water partition coefficient (Wildman–Crippen LogP) is 1.19. The van der Waals surface area contributed by atoms with Crippen molar-refractivity contribution in [3.05, 3.63) is 29.3 Å². The number of hydrogen-bond acceptors (Lipinski definition) is 3. The molecule has 5 heteroatoms. The Morgan fingerprint density at radius 1 is 1.40 bits per heavy atom. The molecule has 0 bridgehead atoms. The molecule has 1 aliphatic heterocycles.